The first kappa shape index (κ1) is 8.84. The van der Waals surface area contributed by atoms with Crippen LogP contribution in [-0.4, -0.2) is 24.1 Å². The van der Waals surface area contributed by atoms with Gasteiger partial charge in [0.25, 0.3) is 0 Å². The van der Waals surface area contributed by atoms with E-state index in [4.69, 9.17) is 0 Å². The maximum Gasteiger partial charge on any atom is 0.140 e. The van der Waals surface area contributed by atoms with Crippen molar-refractivity contribution in [3.63, 3.8) is 0 Å². The maximum atomic E-state index is 4.37. The van der Waals surface area contributed by atoms with Crippen LogP contribution in [0, 0.1) is 3.70 Å². The molecule has 0 radical (unpaired) electrons. The fraction of sp³-hybridized carbons (Fsp3) is 0. The lowest BCUT2D eigenvalue weighted by atomic mass is 10.4. The van der Waals surface area contributed by atoms with Gasteiger partial charge in [0.15, 0.2) is 0 Å². The molecule has 0 amide bonds. The van der Waals surface area contributed by atoms with E-state index in [1.54, 1.807) is 11.0 Å². The summed E-state index contributed by atoms with van der Waals surface area (Å²) in [6.45, 7) is 0. The number of imidazole rings is 1. The minimum atomic E-state index is 0.910. The van der Waals surface area contributed by atoms with Crippen LogP contribution in [0.15, 0.2) is 37.2 Å². The van der Waals surface area contributed by atoms with Crippen LogP contribution in [0.25, 0.3) is 11.3 Å². The molecule has 6 heteroatoms. The second kappa shape index (κ2) is 3.30. The highest BCUT2D eigenvalue weighted by Gasteiger charge is 2.01. The van der Waals surface area contributed by atoms with E-state index in [0.29, 0.717) is 0 Å². The van der Waals surface area contributed by atoms with Gasteiger partial charge in [0, 0.05) is 18.5 Å². The monoisotopic (exact) mass is 311 g/mol. The van der Waals surface area contributed by atoms with Crippen molar-refractivity contribution in [3.05, 3.63) is 40.9 Å². The van der Waals surface area contributed by atoms with Crippen LogP contribution < -0.4 is 0 Å². The molecule has 0 spiro atoms. The highest BCUT2D eigenvalue weighted by atomic mass is 127. The molecule has 3 heterocycles. The van der Waals surface area contributed by atoms with Crippen LogP contribution in [-0.2, 0) is 0 Å². The minimum absolute atomic E-state index is 0.910. The summed E-state index contributed by atoms with van der Waals surface area (Å²) in [5.74, 6) is 0. The Bertz CT molecular complexity index is 598. The second-order valence-corrected chi connectivity index (χ2v) is 4.16. The van der Waals surface area contributed by atoms with E-state index in [0.717, 1.165) is 15.0 Å². The predicted octanol–water partition coefficient (Wildman–Crippen LogP) is 1.52. The molecular weight excluding hydrogens is 305 g/mol. The molecule has 0 fully saturated rings. The fourth-order valence-corrected chi connectivity index (χ4v) is 1.97. The number of hydrogen-bond donors (Lipinski definition) is 0. The predicted molar refractivity (Wildman–Crippen MR) is 62.8 cm³/mol. The van der Waals surface area contributed by atoms with Gasteiger partial charge < -0.3 is 4.40 Å². The topological polar surface area (TPSA) is 48.0 Å². The summed E-state index contributed by atoms with van der Waals surface area (Å²) in [7, 11) is 0. The first-order valence-electron chi connectivity index (χ1n) is 4.32. The van der Waals surface area contributed by atoms with Crippen molar-refractivity contribution in [1.29, 1.82) is 0 Å². The molecule has 0 unspecified atom stereocenters. The largest absolute Gasteiger partial charge is 0.306 e. The zero-order valence-electron chi connectivity index (χ0n) is 7.58. The van der Waals surface area contributed by atoms with Crippen molar-refractivity contribution in [1.82, 2.24) is 24.1 Å². The molecule has 0 N–H and O–H groups in total. The van der Waals surface area contributed by atoms with Crippen LogP contribution >= 0.6 is 22.6 Å². The zero-order valence-corrected chi connectivity index (χ0v) is 9.74. The number of nitrogens with zero attached hydrogens (tertiary/aromatic N) is 5. The SMILES string of the molecule is Ic1cn2ccc(-n3cncn3)cc2n1. The molecule has 15 heavy (non-hydrogen) atoms. The van der Waals surface area contributed by atoms with Gasteiger partial charge in [-0.1, -0.05) is 0 Å². The number of rotatable bonds is 1. The van der Waals surface area contributed by atoms with Gasteiger partial charge in [-0.15, -0.1) is 0 Å². The highest BCUT2D eigenvalue weighted by molar-refractivity contribution is 14.1. The number of halogens is 1. The van der Waals surface area contributed by atoms with Gasteiger partial charge in [-0.25, -0.2) is 14.6 Å². The summed E-state index contributed by atoms with van der Waals surface area (Å²) in [6, 6.07) is 3.94. The Morgan fingerprint density at radius 2 is 2.27 bits per heavy atom. The molecular formula is C9H6IN5. The molecule has 0 saturated heterocycles. The first-order valence-corrected chi connectivity index (χ1v) is 5.40. The third-order valence-electron chi connectivity index (χ3n) is 2.10. The molecule has 0 aliphatic heterocycles. The molecule has 0 atom stereocenters. The van der Waals surface area contributed by atoms with E-state index in [1.165, 1.54) is 6.33 Å². The van der Waals surface area contributed by atoms with Gasteiger partial charge >= 0.3 is 0 Å². The van der Waals surface area contributed by atoms with Crippen LogP contribution in [0.4, 0.5) is 0 Å². The Hall–Kier alpha value is -1.44. The lowest BCUT2D eigenvalue weighted by molar-refractivity contribution is 0.876. The van der Waals surface area contributed by atoms with Crippen LogP contribution in [0.3, 0.4) is 0 Å². The van der Waals surface area contributed by atoms with E-state index in [2.05, 4.69) is 37.7 Å². The van der Waals surface area contributed by atoms with Gasteiger partial charge in [-0.05, 0) is 28.7 Å². The van der Waals surface area contributed by atoms with Crippen LogP contribution in [0.2, 0.25) is 0 Å². The lowest BCUT2D eigenvalue weighted by Gasteiger charge is -1.99. The molecule has 0 aliphatic carbocycles. The van der Waals surface area contributed by atoms with Gasteiger partial charge in [0.2, 0.25) is 0 Å². The van der Waals surface area contributed by atoms with Gasteiger partial charge in [0.05, 0.1) is 5.69 Å². The van der Waals surface area contributed by atoms with E-state index < -0.39 is 0 Å². The summed E-state index contributed by atoms with van der Waals surface area (Å²) in [6.07, 6.45) is 7.11. The van der Waals surface area contributed by atoms with Gasteiger partial charge in [-0.2, -0.15) is 5.10 Å². The normalized spacial score (nSPS) is 11.0. The number of aromatic nitrogens is 5. The quantitative estimate of drug-likeness (QED) is 0.640. The summed E-state index contributed by atoms with van der Waals surface area (Å²) < 4.78 is 4.66. The molecule has 0 aromatic carbocycles. The van der Waals surface area contributed by atoms with Crippen molar-refractivity contribution in [2.24, 2.45) is 0 Å². The lowest BCUT2D eigenvalue weighted by Crippen LogP contribution is -1.95. The van der Waals surface area contributed by atoms with Crippen LogP contribution in [0.1, 0.15) is 0 Å². The number of pyridine rings is 1. The fourth-order valence-electron chi connectivity index (χ4n) is 1.42. The highest BCUT2D eigenvalue weighted by Crippen LogP contribution is 2.11. The molecule has 0 saturated carbocycles. The molecule has 74 valence electrons. The molecule has 0 aliphatic rings. The summed E-state index contributed by atoms with van der Waals surface area (Å²) in [5, 5.41) is 4.07. The standard InChI is InChI=1S/C9H6IN5/c10-8-4-14-2-1-7(3-9(14)13-8)15-6-11-5-12-15/h1-6H. The Balaban J connectivity index is 2.21. The summed E-state index contributed by atoms with van der Waals surface area (Å²) in [4.78, 5) is 8.28. The smallest absolute Gasteiger partial charge is 0.140 e. The van der Waals surface area contributed by atoms with Crippen molar-refractivity contribution >= 4 is 28.2 Å². The summed E-state index contributed by atoms with van der Waals surface area (Å²) >= 11 is 2.19. The molecule has 0 bridgehead atoms. The van der Waals surface area contributed by atoms with E-state index >= 15 is 0 Å². The molecule has 3 aromatic rings. The third kappa shape index (κ3) is 1.50. The summed E-state index contributed by atoms with van der Waals surface area (Å²) in [5.41, 5.74) is 1.87. The average Bonchev–Trinajstić information content (AvgIpc) is 2.82. The van der Waals surface area contributed by atoms with E-state index in [1.807, 2.05) is 28.9 Å². The minimum Gasteiger partial charge on any atom is -0.306 e. The van der Waals surface area contributed by atoms with Gasteiger partial charge in [-0.3, -0.25) is 0 Å². The second-order valence-electron chi connectivity index (χ2n) is 3.05. The van der Waals surface area contributed by atoms with Crippen LogP contribution in [0.5, 0.6) is 0 Å². The Labute approximate surface area is 98.9 Å². The van der Waals surface area contributed by atoms with Gasteiger partial charge in [0.1, 0.15) is 22.0 Å². The van der Waals surface area contributed by atoms with E-state index in [9.17, 15) is 0 Å². The third-order valence-corrected chi connectivity index (χ3v) is 2.62. The Kier molecular flexibility index (Phi) is 1.94. The van der Waals surface area contributed by atoms with Crippen molar-refractivity contribution in [2.75, 3.05) is 0 Å². The molecule has 5 nitrogen and oxygen atoms in total. The van der Waals surface area contributed by atoms with Crippen molar-refractivity contribution in [3.8, 4) is 5.69 Å². The molecule has 3 aromatic heterocycles. The average molecular weight is 311 g/mol. The zero-order chi connectivity index (χ0) is 10.3. The van der Waals surface area contributed by atoms with Crippen molar-refractivity contribution < 1.29 is 0 Å². The Morgan fingerprint density at radius 3 is 3.07 bits per heavy atom. The number of fused-ring (bicyclic) bond motifs is 1. The van der Waals surface area contributed by atoms with Crippen molar-refractivity contribution in [2.45, 2.75) is 0 Å². The Morgan fingerprint density at radius 1 is 1.33 bits per heavy atom. The maximum absolute atomic E-state index is 4.37. The van der Waals surface area contributed by atoms with E-state index in [-0.39, 0.29) is 0 Å². The number of hydrogen-bond acceptors (Lipinski definition) is 3. The first-order chi connectivity index (χ1) is 7.33. The molecule has 3 rings (SSSR count).